The molecule has 1 amide bonds. The van der Waals surface area contributed by atoms with E-state index in [0.29, 0.717) is 5.69 Å². The molecule has 0 radical (unpaired) electrons. The second kappa shape index (κ2) is 6.87. The Hall–Kier alpha value is -1.99. The van der Waals surface area contributed by atoms with Crippen LogP contribution in [0.4, 0.5) is 5.82 Å². The number of hydrogen-bond donors (Lipinski definition) is 0. The number of hydrogen-bond acceptors (Lipinski definition) is 6. The molecule has 142 valence electrons. The van der Waals surface area contributed by atoms with Crippen LogP contribution >= 0.6 is 11.3 Å². The summed E-state index contributed by atoms with van der Waals surface area (Å²) in [6.07, 6.45) is 8.46. The highest BCUT2D eigenvalue weighted by Crippen LogP contribution is 2.43. The number of carbonyl (C=O) groups excluding carboxylic acids is 1. The quantitative estimate of drug-likeness (QED) is 0.797. The number of fused-ring (bicyclic) bond motifs is 2. The van der Waals surface area contributed by atoms with E-state index in [1.165, 1.54) is 10.4 Å². The lowest BCUT2D eigenvalue weighted by Crippen LogP contribution is -2.46. The SMILES string of the molecule is O=C(c1cncc(N2CCC3(CC2)OCCc2sccc23)n1)N1CCCC1. The molecular formula is C20H24N4O2S. The summed E-state index contributed by atoms with van der Waals surface area (Å²) in [7, 11) is 0. The fraction of sp³-hybridized carbons (Fsp3) is 0.550. The van der Waals surface area contributed by atoms with Crippen molar-refractivity contribution in [3.8, 4) is 0 Å². The van der Waals surface area contributed by atoms with E-state index in [1.54, 1.807) is 12.4 Å². The van der Waals surface area contributed by atoms with Gasteiger partial charge in [-0.2, -0.15) is 0 Å². The van der Waals surface area contributed by atoms with Gasteiger partial charge in [-0.1, -0.05) is 0 Å². The van der Waals surface area contributed by atoms with Gasteiger partial charge in [-0.3, -0.25) is 9.78 Å². The van der Waals surface area contributed by atoms with Crippen LogP contribution in [0.5, 0.6) is 0 Å². The topological polar surface area (TPSA) is 58.6 Å². The molecule has 6 nitrogen and oxygen atoms in total. The van der Waals surface area contributed by atoms with E-state index in [9.17, 15) is 4.79 Å². The largest absolute Gasteiger partial charge is 0.370 e. The maximum absolute atomic E-state index is 12.6. The van der Waals surface area contributed by atoms with Crippen molar-refractivity contribution in [1.82, 2.24) is 14.9 Å². The molecule has 5 heterocycles. The zero-order chi connectivity index (χ0) is 18.3. The van der Waals surface area contributed by atoms with Crippen molar-refractivity contribution < 1.29 is 9.53 Å². The van der Waals surface area contributed by atoms with Gasteiger partial charge in [0.15, 0.2) is 0 Å². The summed E-state index contributed by atoms with van der Waals surface area (Å²) < 4.78 is 6.29. The molecule has 3 aliphatic heterocycles. The maximum atomic E-state index is 12.6. The molecule has 2 aromatic heterocycles. The molecular weight excluding hydrogens is 360 g/mol. The Bertz CT molecular complexity index is 838. The molecule has 0 N–H and O–H groups in total. The minimum absolute atomic E-state index is 0.00820. The Balaban J connectivity index is 1.32. The number of carbonyl (C=O) groups is 1. The van der Waals surface area contributed by atoms with Crippen LogP contribution in [-0.2, 0) is 16.8 Å². The molecule has 1 spiro atoms. The van der Waals surface area contributed by atoms with E-state index in [-0.39, 0.29) is 11.5 Å². The zero-order valence-electron chi connectivity index (χ0n) is 15.4. The summed E-state index contributed by atoms with van der Waals surface area (Å²) >= 11 is 1.85. The average Bonchev–Trinajstić information content (AvgIpc) is 3.41. The summed E-state index contributed by atoms with van der Waals surface area (Å²) in [5, 5.41) is 2.19. The highest BCUT2D eigenvalue weighted by molar-refractivity contribution is 7.10. The summed E-state index contributed by atoms with van der Waals surface area (Å²) in [6, 6.07) is 2.24. The first-order valence-electron chi connectivity index (χ1n) is 9.82. The highest BCUT2D eigenvalue weighted by Gasteiger charge is 2.41. The zero-order valence-corrected chi connectivity index (χ0v) is 16.2. The minimum atomic E-state index is -0.138. The van der Waals surface area contributed by atoms with Crippen molar-refractivity contribution in [2.24, 2.45) is 0 Å². The van der Waals surface area contributed by atoms with E-state index >= 15 is 0 Å². The van der Waals surface area contributed by atoms with E-state index in [2.05, 4.69) is 26.3 Å². The van der Waals surface area contributed by atoms with Gasteiger partial charge in [0.1, 0.15) is 11.5 Å². The Morgan fingerprint density at radius 3 is 2.78 bits per heavy atom. The number of piperidine rings is 1. The molecule has 2 aromatic rings. The summed E-state index contributed by atoms with van der Waals surface area (Å²) in [5.41, 5.74) is 1.71. The van der Waals surface area contributed by atoms with Gasteiger partial charge in [0, 0.05) is 37.5 Å². The third-order valence-corrected chi connectivity index (χ3v) is 7.05. The first-order chi connectivity index (χ1) is 13.3. The van der Waals surface area contributed by atoms with Crippen LogP contribution < -0.4 is 4.90 Å². The van der Waals surface area contributed by atoms with Gasteiger partial charge >= 0.3 is 0 Å². The van der Waals surface area contributed by atoms with Gasteiger partial charge < -0.3 is 14.5 Å². The average molecular weight is 385 g/mol. The lowest BCUT2D eigenvalue weighted by atomic mass is 9.82. The fourth-order valence-electron chi connectivity index (χ4n) is 4.56. The second-order valence-corrected chi connectivity index (χ2v) is 8.60. The number of nitrogens with zero attached hydrogens (tertiary/aromatic N) is 4. The third kappa shape index (κ3) is 3.02. The van der Waals surface area contributed by atoms with Crippen LogP contribution in [0.1, 0.15) is 46.6 Å². The van der Waals surface area contributed by atoms with Crippen LogP contribution in [0.25, 0.3) is 0 Å². The van der Waals surface area contributed by atoms with Gasteiger partial charge in [-0.25, -0.2) is 4.98 Å². The van der Waals surface area contributed by atoms with Crippen LogP contribution in [0.15, 0.2) is 23.8 Å². The predicted octanol–water partition coefficient (Wildman–Crippen LogP) is 2.84. The van der Waals surface area contributed by atoms with Crippen LogP contribution in [0.3, 0.4) is 0 Å². The number of amides is 1. The molecule has 0 aliphatic carbocycles. The van der Waals surface area contributed by atoms with Crippen molar-refractivity contribution >= 4 is 23.1 Å². The molecule has 27 heavy (non-hydrogen) atoms. The molecule has 0 aromatic carbocycles. The number of ether oxygens (including phenoxy) is 1. The Morgan fingerprint density at radius 1 is 1.15 bits per heavy atom. The summed E-state index contributed by atoms with van der Waals surface area (Å²) in [5.74, 6) is 0.810. The number of likely N-dealkylation sites (tertiary alicyclic amines) is 1. The molecule has 2 fully saturated rings. The van der Waals surface area contributed by atoms with Crippen molar-refractivity contribution in [3.63, 3.8) is 0 Å². The second-order valence-electron chi connectivity index (χ2n) is 7.60. The number of anilines is 1. The number of aromatic nitrogens is 2. The van der Waals surface area contributed by atoms with Crippen molar-refractivity contribution in [1.29, 1.82) is 0 Å². The molecule has 0 unspecified atom stereocenters. The maximum Gasteiger partial charge on any atom is 0.274 e. The Kier molecular flexibility index (Phi) is 4.36. The van der Waals surface area contributed by atoms with Crippen molar-refractivity contribution in [2.75, 3.05) is 37.7 Å². The van der Waals surface area contributed by atoms with Gasteiger partial charge in [0.25, 0.3) is 5.91 Å². The van der Waals surface area contributed by atoms with E-state index in [1.807, 2.05) is 16.2 Å². The molecule has 3 aliphatic rings. The molecule has 0 atom stereocenters. The van der Waals surface area contributed by atoms with Gasteiger partial charge in [0.05, 0.1) is 24.6 Å². The van der Waals surface area contributed by atoms with E-state index in [4.69, 9.17) is 4.74 Å². The normalized spacial score (nSPS) is 21.5. The first kappa shape index (κ1) is 17.1. The van der Waals surface area contributed by atoms with Crippen LogP contribution in [-0.4, -0.2) is 53.6 Å². The third-order valence-electron chi connectivity index (χ3n) is 6.07. The lowest BCUT2D eigenvalue weighted by Gasteiger charge is -2.44. The van der Waals surface area contributed by atoms with Gasteiger partial charge in [-0.15, -0.1) is 11.3 Å². The van der Waals surface area contributed by atoms with Crippen molar-refractivity contribution in [2.45, 2.75) is 37.7 Å². The minimum Gasteiger partial charge on any atom is -0.370 e. The van der Waals surface area contributed by atoms with Crippen LogP contribution in [0, 0.1) is 0 Å². The number of rotatable bonds is 2. The monoisotopic (exact) mass is 384 g/mol. The predicted molar refractivity (Wildman–Crippen MR) is 104 cm³/mol. The highest BCUT2D eigenvalue weighted by atomic mass is 32.1. The van der Waals surface area contributed by atoms with E-state index < -0.39 is 0 Å². The number of thiophene rings is 1. The summed E-state index contributed by atoms with van der Waals surface area (Å²) in [4.78, 5) is 27.2. The Labute approximate surface area is 163 Å². The lowest BCUT2D eigenvalue weighted by molar-refractivity contribution is -0.0757. The first-order valence-corrected chi connectivity index (χ1v) is 10.7. The van der Waals surface area contributed by atoms with E-state index in [0.717, 1.165) is 70.7 Å². The standard InChI is InChI=1S/C20H24N4O2S/c25-19(24-7-1-2-8-24)16-13-21-14-18(22-16)23-9-5-20(6-10-23)15-4-12-27-17(15)3-11-26-20/h4,12-14H,1-3,5-11H2. The Morgan fingerprint density at radius 2 is 1.96 bits per heavy atom. The smallest absolute Gasteiger partial charge is 0.274 e. The summed E-state index contributed by atoms with van der Waals surface area (Å²) in [6.45, 7) is 4.21. The molecule has 7 heteroatoms. The molecule has 0 saturated carbocycles. The van der Waals surface area contributed by atoms with Gasteiger partial charge in [0.2, 0.25) is 0 Å². The molecule has 0 bridgehead atoms. The van der Waals surface area contributed by atoms with Crippen molar-refractivity contribution in [3.05, 3.63) is 40.0 Å². The van der Waals surface area contributed by atoms with Crippen LogP contribution in [0.2, 0.25) is 0 Å². The van der Waals surface area contributed by atoms with Gasteiger partial charge in [-0.05, 0) is 42.7 Å². The fourth-order valence-corrected chi connectivity index (χ4v) is 5.51. The molecule has 2 saturated heterocycles. The molecule has 5 rings (SSSR count).